The average molecular weight is 313 g/mol. The lowest BCUT2D eigenvalue weighted by atomic mass is 9.65. The third-order valence-corrected chi connectivity index (χ3v) is 6.13. The summed E-state index contributed by atoms with van der Waals surface area (Å²) in [6.07, 6.45) is 4.52. The van der Waals surface area contributed by atoms with Gasteiger partial charge in [0.1, 0.15) is 5.75 Å². The summed E-state index contributed by atoms with van der Waals surface area (Å²) in [6.45, 7) is 8.00. The molecule has 1 saturated heterocycles. The largest absolute Gasteiger partial charge is 0.508 e. The molecule has 0 aromatic heterocycles. The lowest BCUT2D eigenvalue weighted by Gasteiger charge is -2.39. The number of aromatic hydroxyl groups is 1. The van der Waals surface area contributed by atoms with Crippen molar-refractivity contribution in [3.63, 3.8) is 0 Å². The number of hydrogen-bond donors (Lipinski definition) is 1. The van der Waals surface area contributed by atoms with Crippen LogP contribution >= 0.6 is 0 Å². The van der Waals surface area contributed by atoms with Crippen molar-refractivity contribution < 1.29 is 9.90 Å². The van der Waals surface area contributed by atoms with Gasteiger partial charge in [-0.15, -0.1) is 0 Å². The standard InChI is InChI=1S/C20H27NO2/c1-19(2)9-14-10-20(3,11-19)12-21(14)18(23)17-8-16(17)13-4-6-15(22)7-5-13/h4-7,14,16-17,22H,8-12H2,1-3H3. The normalized spacial score (nSPS) is 37.7. The molecule has 23 heavy (non-hydrogen) atoms. The minimum Gasteiger partial charge on any atom is -0.508 e. The Morgan fingerprint density at radius 1 is 1.17 bits per heavy atom. The van der Waals surface area contributed by atoms with E-state index < -0.39 is 0 Å². The van der Waals surface area contributed by atoms with Gasteiger partial charge in [-0.25, -0.2) is 0 Å². The summed E-state index contributed by atoms with van der Waals surface area (Å²) in [4.78, 5) is 15.2. The van der Waals surface area contributed by atoms with Crippen molar-refractivity contribution >= 4 is 5.91 Å². The molecule has 1 aromatic carbocycles. The van der Waals surface area contributed by atoms with Gasteiger partial charge in [0.05, 0.1) is 0 Å². The third-order valence-electron chi connectivity index (χ3n) is 6.13. The highest BCUT2D eigenvalue weighted by molar-refractivity contribution is 5.83. The van der Waals surface area contributed by atoms with Crippen LogP contribution in [0.4, 0.5) is 0 Å². The van der Waals surface area contributed by atoms with Gasteiger partial charge in [-0.2, -0.15) is 0 Å². The number of amides is 1. The predicted octanol–water partition coefficient (Wildman–Crippen LogP) is 3.92. The molecule has 2 saturated carbocycles. The van der Waals surface area contributed by atoms with E-state index in [2.05, 4.69) is 25.7 Å². The van der Waals surface area contributed by atoms with E-state index in [-0.39, 0.29) is 5.92 Å². The molecule has 1 aromatic rings. The van der Waals surface area contributed by atoms with Crippen molar-refractivity contribution in [2.45, 2.75) is 58.4 Å². The smallest absolute Gasteiger partial charge is 0.226 e. The average Bonchev–Trinajstić information content (AvgIpc) is 3.18. The molecule has 3 nitrogen and oxygen atoms in total. The zero-order valence-corrected chi connectivity index (χ0v) is 14.4. The highest BCUT2D eigenvalue weighted by Gasteiger charge is 2.54. The molecule has 3 heteroatoms. The first kappa shape index (κ1) is 15.0. The van der Waals surface area contributed by atoms with Gasteiger partial charge in [0.15, 0.2) is 0 Å². The van der Waals surface area contributed by atoms with Gasteiger partial charge < -0.3 is 10.0 Å². The first-order chi connectivity index (χ1) is 10.8. The fraction of sp³-hybridized carbons (Fsp3) is 0.650. The van der Waals surface area contributed by atoms with Crippen molar-refractivity contribution in [2.24, 2.45) is 16.7 Å². The van der Waals surface area contributed by atoms with Gasteiger partial charge in [-0.3, -0.25) is 4.79 Å². The molecular formula is C20H27NO2. The van der Waals surface area contributed by atoms with E-state index >= 15 is 0 Å². The Hall–Kier alpha value is -1.51. The monoisotopic (exact) mass is 313 g/mol. The van der Waals surface area contributed by atoms with Crippen LogP contribution in [0, 0.1) is 16.7 Å². The Morgan fingerprint density at radius 3 is 2.57 bits per heavy atom. The number of rotatable bonds is 2. The molecule has 1 amide bonds. The number of carbonyl (C=O) groups is 1. The summed E-state index contributed by atoms with van der Waals surface area (Å²) in [5, 5.41) is 9.41. The van der Waals surface area contributed by atoms with Gasteiger partial charge in [-0.05, 0) is 60.1 Å². The number of fused-ring (bicyclic) bond motifs is 2. The van der Waals surface area contributed by atoms with Crippen molar-refractivity contribution in [1.82, 2.24) is 4.90 Å². The van der Waals surface area contributed by atoms with Crippen LogP contribution in [-0.4, -0.2) is 28.5 Å². The molecule has 124 valence electrons. The van der Waals surface area contributed by atoms with E-state index in [9.17, 15) is 9.90 Å². The topological polar surface area (TPSA) is 40.5 Å². The van der Waals surface area contributed by atoms with Crippen LogP contribution in [0.1, 0.15) is 57.9 Å². The van der Waals surface area contributed by atoms with E-state index in [1.165, 1.54) is 18.4 Å². The summed E-state index contributed by atoms with van der Waals surface area (Å²) in [6, 6.07) is 7.81. The van der Waals surface area contributed by atoms with Crippen LogP contribution in [0.3, 0.4) is 0 Å². The molecule has 1 aliphatic heterocycles. The molecule has 0 spiro atoms. The fourth-order valence-electron chi connectivity index (χ4n) is 5.49. The minimum atomic E-state index is 0.158. The van der Waals surface area contributed by atoms with Crippen LogP contribution in [0.25, 0.3) is 0 Å². The number of carbonyl (C=O) groups excluding carboxylic acids is 1. The van der Waals surface area contributed by atoms with Gasteiger partial charge in [0.25, 0.3) is 0 Å². The van der Waals surface area contributed by atoms with Crippen LogP contribution < -0.4 is 0 Å². The molecule has 3 fully saturated rings. The lowest BCUT2D eigenvalue weighted by Crippen LogP contribution is -2.38. The molecule has 2 aliphatic carbocycles. The number of phenols is 1. The van der Waals surface area contributed by atoms with Crippen molar-refractivity contribution in [3.05, 3.63) is 29.8 Å². The molecule has 1 heterocycles. The zero-order chi connectivity index (χ0) is 16.4. The highest BCUT2D eigenvalue weighted by atomic mass is 16.3. The SMILES string of the molecule is CC1(C)CC2CC(C)(CN2C(=O)C2CC2c2ccc(O)cc2)C1. The Labute approximate surface area is 138 Å². The second kappa shape index (κ2) is 4.75. The van der Waals surface area contributed by atoms with E-state index in [0.29, 0.717) is 34.4 Å². The van der Waals surface area contributed by atoms with E-state index in [1.807, 2.05) is 12.1 Å². The van der Waals surface area contributed by atoms with Gasteiger partial charge in [0, 0.05) is 18.5 Å². The van der Waals surface area contributed by atoms with Crippen molar-refractivity contribution in [2.75, 3.05) is 6.54 Å². The van der Waals surface area contributed by atoms with Gasteiger partial charge >= 0.3 is 0 Å². The lowest BCUT2D eigenvalue weighted by molar-refractivity contribution is -0.133. The maximum absolute atomic E-state index is 13.0. The number of nitrogens with zero attached hydrogens (tertiary/aromatic N) is 1. The van der Waals surface area contributed by atoms with Crippen LogP contribution in [-0.2, 0) is 4.79 Å². The molecule has 1 N–H and O–H groups in total. The minimum absolute atomic E-state index is 0.158. The maximum Gasteiger partial charge on any atom is 0.226 e. The van der Waals surface area contributed by atoms with Crippen LogP contribution in [0.5, 0.6) is 5.75 Å². The van der Waals surface area contributed by atoms with Gasteiger partial charge in [-0.1, -0.05) is 32.9 Å². The zero-order valence-electron chi connectivity index (χ0n) is 14.4. The molecule has 4 unspecified atom stereocenters. The number of hydrogen-bond acceptors (Lipinski definition) is 2. The van der Waals surface area contributed by atoms with Crippen molar-refractivity contribution in [1.29, 1.82) is 0 Å². The summed E-state index contributed by atoms with van der Waals surface area (Å²) < 4.78 is 0. The van der Waals surface area contributed by atoms with E-state index in [0.717, 1.165) is 19.4 Å². The quantitative estimate of drug-likeness (QED) is 0.899. The predicted molar refractivity (Wildman–Crippen MR) is 90.2 cm³/mol. The van der Waals surface area contributed by atoms with Crippen LogP contribution in [0.15, 0.2) is 24.3 Å². The third kappa shape index (κ3) is 2.64. The van der Waals surface area contributed by atoms with Crippen molar-refractivity contribution in [3.8, 4) is 5.75 Å². The Kier molecular flexibility index (Phi) is 3.11. The summed E-state index contributed by atoms with van der Waals surface area (Å²) in [7, 11) is 0. The van der Waals surface area contributed by atoms with E-state index in [4.69, 9.17) is 0 Å². The molecule has 4 atom stereocenters. The second-order valence-corrected chi connectivity index (χ2v) is 9.22. The van der Waals surface area contributed by atoms with Crippen LogP contribution in [0.2, 0.25) is 0 Å². The molecule has 2 bridgehead atoms. The molecule has 4 rings (SSSR count). The van der Waals surface area contributed by atoms with E-state index in [1.54, 1.807) is 12.1 Å². The van der Waals surface area contributed by atoms with Gasteiger partial charge in [0.2, 0.25) is 5.91 Å². The number of likely N-dealkylation sites (tertiary alicyclic amines) is 1. The Balaban J connectivity index is 1.48. The second-order valence-electron chi connectivity index (χ2n) is 9.22. The summed E-state index contributed by atoms with van der Waals surface area (Å²) in [5.74, 6) is 1.17. The Bertz CT molecular complexity index is 636. The Morgan fingerprint density at radius 2 is 1.87 bits per heavy atom. The highest BCUT2D eigenvalue weighted by Crippen LogP contribution is 2.55. The molecule has 3 aliphatic rings. The first-order valence-electron chi connectivity index (χ1n) is 8.86. The summed E-state index contributed by atoms with van der Waals surface area (Å²) >= 11 is 0. The number of benzene rings is 1. The number of phenolic OH excluding ortho intramolecular Hbond substituents is 1. The molecule has 0 radical (unpaired) electrons. The molecular weight excluding hydrogens is 286 g/mol. The maximum atomic E-state index is 13.0. The first-order valence-corrected chi connectivity index (χ1v) is 8.86. The fourth-order valence-corrected chi connectivity index (χ4v) is 5.49. The summed E-state index contributed by atoms with van der Waals surface area (Å²) in [5.41, 5.74) is 1.85.